The number of carbonyl (C=O) groups is 1. The summed E-state index contributed by atoms with van der Waals surface area (Å²) in [5.41, 5.74) is 0.593. The minimum absolute atomic E-state index is 0.0476. The summed E-state index contributed by atoms with van der Waals surface area (Å²) in [6.07, 6.45) is 5.08. The first-order chi connectivity index (χ1) is 9.70. The van der Waals surface area contributed by atoms with Gasteiger partial charge in [0, 0.05) is 12.6 Å². The van der Waals surface area contributed by atoms with Crippen LogP contribution < -0.4 is 10.1 Å². The van der Waals surface area contributed by atoms with Gasteiger partial charge in [-0.3, -0.25) is 4.79 Å². The van der Waals surface area contributed by atoms with Crippen molar-refractivity contribution >= 4 is 5.91 Å². The third-order valence-electron chi connectivity index (χ3n) is 3.65. The molecule has 1 unspecified atom stereocenters. The van der Waals surface area contributed by atoms with Crippen LogP contribution in [0.5, 0.6) is 5.75 Å². The zero-order chi connectivity index (χ0) is 14.4. The van der Waals surface area contributed by atoms with Crippen molar-refractivity contribution in [3.8, 4) is 5.75 Å². The van der Waals surface area contributed by atoms with Gasteiger partial charge in [0.1, 0.15) is 5.75 Å². The largest absolute Gasteiger partial charge is 0.490 e. The molecule has 0 heterocycles. The SMILES string of the molecule is CC(CCCO)NC(=O)c1ccccc1OC1CCC1. The molecule has 1 aromatic rings. The van der Waals surface area contributed by atoms with E-state index in [0.717, 1.165) is 19.3 Å². The molecule has 4 heteroatoms. The van der Waals surface area contributed by atoms with Gasteiger partial charge in [0.2, 0.25) is 0 Å². The zero-order valence-electron chi connectivity index (χ0n) is 12.0. The van der Waals surface area contributed by atoms with Crippen LogP contribution in [-0.2, 0) is 0 Å². The van der Waals surface area contributed by atoms with Crippen molar-refractivity contribution in [2.75, 3.05) is 6.61 Å². The Labute approximate surface area is 120 Å². The fourth-order valence-electron chi connectivity index (χ4n) is 2.20. The van der Waals surface area contributed by atoms with Crippen molar-refractivity contribution in [1.29, 1.82) is 0 Å². The fraction of sp³-hybridized carbons (Fsp3) is 0.562. The number of ether oxygens (including phenoxy) is 1. The number of aliphatic hydroxyl groups is 1. The smallest absolute Gasteiger partial charge is 0.255 e. The minimum Gasteiger partial charge on any atom is -0.490 e. The van der Waals surface area contributed by atoms with Crippen molar-refractivity contribution in [3.63, 3.8) is 0 Å². The molecule has 1 fully saturated rings. The van der Waals surface area contributed by atoms with E-state index in [1.54, 1.807) is 6.07 Å². The molecule has 0 aromatic heterocycles. The molecule has 0 saturated heterocycles. The summed E-state index contributed by atoms with van der Waals surface area (Å²) in [5, 5.41) is 11.8. The Bertz CT molecular complexity index is 443. The normalized spacial score (nSPS) is 16.3. The van der Waals surface area contributed by atoms with Crippen molar-refractivity contribution in [2.24, 2.45) is 0 Å². The number of hydrogen-bond acceptors (Lipinski definition) is 3. The molecule has 0 bridgehead atoms. The van der Waals surface area contributed by atoms with E-state index in [1.807, 2.05) is 25.1 Å². The van der Waals surface area contributed by atoms with E-state index < -0.39 is 0 Å². The Balaban J connectivity index is 1.97. The second-order valence-electron chi connectivity index (χ2n) is 5.41. The maximum Gasteiger partial charge on any atom is 0.255 e. The molecule has 1 saturated carbocycles. The molecule has 1 aliphatic rings. The Morgan fingerprint density at radius 3 is 2.85 bits per heavy atom. The molecule has 110 valence electrons. The predicted molar refractivity (Wildman–Crippen MR) is 78.0 cm³/mol. The summed E-state index contributed by atoms with van der Waals surface area (Å²) in [7, 11) is 0. The van der Waals surface area contributed by atoms with E-state index in [0.29, 0.717) is 17.7 Å². The molecule has 0 radical (unpaired) electrons. The second kappa shape index (κ2) is 7.29. The molecule has 2 N–H and O–H groups in total. The van der Waals surface area contributed by atoms with Gasteiger partial charge in [0.05, 0.1) is 11.7 Å². The van der Waals surface area contributed by atoms with Crippen molar-refractivity contribution in [2.45, 2.75) is 51.2 Å². The number of rotatable bonds is 7. The average molecular weight is 277 g/mol. The van der Waals surface area contributed by atoms with Crippen LogP contribution in [0.1, 0.15) is 49.4 Å². The van der Waals surface area contributed by atoms with Gasteiger partial charge in [-0.05, 0) is 51.2 Å². The predicted octanol–water partition coefficient (Wildman–Crippen LogP) is 2.51. The third kappa shape index (κ3) is 3.97. The number of hydrogen-bond donors (Lipinski definition) is 2. The Hall–Kier alpha value is -1.55. The lowest BCUT2D eigenvalue weighted by molar-refractivity contribution is 0.0912. The van der Waals surface area contributed by atoms with E-state index in [4.69, 9.17) is 9.84 Å². The Morgan fingerprint density at radius 1 is 1.45 bits per heavy atom. The van der Waals surface area contributed by atoms with Gasteiger partial charge in [-0.25, -0.2) is 0 Å². The van der Waals surface area contributed by atoms with Gasteiger partial charge in [0.25, 0.3) is 5.91 Å². The summed E-state index contributed by atoms with van der Waals surface area (Å²) < 4.78 is 5.86. The second-order valence-corrected chi connectivity index (χ2v) is 5.41. The lowest BCUT2D eigenvalue weighted by Gasteiger charge is -2.27. The van der Waals surface area contributed by atoms with Crippen LogP contribution in [0.25, 0.3) is 0 Å². The van der Waals surface area contributed by atoms with Gasteiger partial charge in [-0.1, -0.05) is 12.1 Å². The summed E-state index contributed by atoms with van der Waals surface area (Å²) in [4.78, 5) is 12.3. The lowest BCUT2D eigenvalue weighted by atomic mass is 9.96. The molecular weight excluding hydrogens is 254 g/mol. The van der Waals surface area contributed by atoms with E-state index in [2.05, 4.69) is 5.32 Å². The Morgan fingerprint density at radius 2 is 2.20 bits per heavy atom. The first-order valence-electron chi connectivity index (χ1n) is 7.38. The van der Waals surface area contributed by atoms with Crippen LogP contribution in [0, 0.1) is 0 Å². The topological polar surface area (TPSA) is 58.6 Å². The van der Waals surface area contributed by atoms with E-state index in [1.165, 1.54) is 6.42 Å². The van der Waals surface area contributed by atoms with Gasteiger partial charge >= 0.3 is 0 Å². The monoisotopic (exact) mass is 277 g/mol. The van der Waals surface area contributed by atoms with Crippen LogP contribution in [0.4, 0.5) is 0 Å². The summed E-state index contributed by atoms with van der Waals surface area (Å²) in [5.74, 6) is 0.564. The average Bonchev–Trinajstić information content (AvgIpc) is 2.41. The Kier molecular flexibility index (Phi) is 5.41. The highest BCUT2D eigenvalue weighted by Crippen LogP contribution is 2.27. The van der Waals surface area contributed by atoms with Gasteiger partial charge in [-0.15, -0.1) is 0 Å². The maximum absolute atomic E-state index is 12.3. The van der Waals surface area contributed by atoms with Crippen molar-refractivity contribution < 1.29 is 14.6 Å². The van der Waals surface area contributed by atoms with E-state index in [9.17, 15) is 4.79 Å². The molecule has 1 amide bonds. The lowest BCUT2D eigenvalue weighted by Crippen LogP contribution is -2.33. The molecule has 20 heavy (non-hydrogen) atoms. The number of para-hydroxylation sites is 1. The first-order valence-corrected chi connectivity index (χ1v) is 7.38. The molecule has 1 atom stereocenters. The number of carbonyl (C=O) groups excluding carboxylic acids is 1. The van der Waals surface area contributed by atoms with E-state index in [-0.39, 0.29) is 24.7 Å². The molecule has 1 aromatic carbocycles. The minimum atomic E-state index is -0.106. The molecule has 4 nitrogen and oxygen atoms in total. The van der Waals surface area contributed by atoms with Crippen LogP contribution in [0.2, 0.25) is 0 Å². The number of benzene rings is 1. The number of aliphatic hydroxyl groups excluding tert-OH is 1. The van der Waals surface area contributed by atoms with Crippen LogP contribution in [0.3, 0.4) is 0 Å². The molecule has 2 rings (SSSR count). The molecule has 0 aliphatic heterocycles. The summed E-state index contributed by atoms with van der Waals surface area (Å²) in [6.45, 7) is 2.10. The van der Waals surface area contributed by atoms with Crippen LogP contribution >= 0.6 is 0 Å². The molecule has 1 aliphatic carbocycles. The van der Waals surface area contributed by atoms with Crippen LogP contribution in [0.15, 0.2) is 24.3 Å². The highest BCUT2D eigenvalue weighted by Gasteiger charge is 2.22. The molecule has 0 spiro atoms. The summed E-state index contributed by atoms with van der Waals surface area (Å²) in [6, 6.07) is 7.43. The zero-order valence-corrected chi connectivity index (χ0v) is 12.0. The highest BCUT2D eigenvalue weighted by atomic mass is 16.5. The summed E-state index contributed by atoms with van der Waals surface area (Å²) >= 11 is 0. The van der Waals surface area contributed by atoms with Crippen LogP contribution in [-0.4, -0.2) is 29.8 Å². The van der Waals surface area contributed by atoms with Gasteiger partial charge in [0.15, 0.2) is 0 Å². The van der Waals surface area contributed by atoms with Gasteiger partial charge < -0.3 is 15.2 Å². The van der Waals surface area contributed by atoms with Crippen molar-refractivity contribution in [1.82, 2.24) is 5.32 Å². The van der Waals surface area contributed by atoms with E-state index >= 15 is 0 Å². The highest BCUT2D eigenvalue weighted by molar-refractivity contribution is 5.97. The molecular formula is C16H23NO3. The quantitative estimate of drug-likeness (QED) is 0.805. The number of nitrogens with one attached hydrogen (secondary N) is 1. The maximum atomic E-state index is 12.3. The van der Waals surface area contributed by atoms with Gasteiger partial charge in [-0.2, -0.15) is 0 Å². The third-order valence-corrected chi connectivity index (χ3v) is 3.65. The number of amides is 1. The standard InChI is InChI=1S/C16H23NO3/c1-12(6-5-11-18)17-16(19)14-9-2-3-10-15(14)20-13-7-4-8-13/h2-3,9-10,12-13,18H,4-8,11H2,1H3,(H,17,19). The first kappa shape index (κ1) is 14.9. The fourth-order valence-corrected chi connectivity index (χ4v) is 2.20. The van der Waals surface area contributed by atoms with Crippen molar-refractivity contribution in [3.05, 3.63) is 29.8 Å².